The molecule has 0 heterocycles. The first-order valence-electron chi connectivity index (χ1n) is 5.08. The molecule has 1 rings (SSSR count). The van der Waals surface area contributed by atoms with Gasteiger partial charge in [-0.15, -0.1) is 0 Å². The molecule has 0 radical (unpaired) electrons. The number of amidine groups is 1. The number of carbonyl (C=O) groups excluding carboxylic acids is 1. The van der Waals surface area contributed by atoms with Gasteiger partial charge in [-0.1, -0.05) is 5.16 Å². The van der Waals surface area contributed by atoms with Crippen molar-refractivity contribution in [2.24, 2.45) is 10.9 Å². The van der Waals surface area contributed by atoms with Crippen molar-refractivity contribution in [3.05, 3.63) is 34.1 Å². The van der Waals surface area contributed by atoms with Crippen LogP contribution in [0, 0.1) is 5.82 Å². The number of rotatable bonds is 3. The third kappa shape index (κ3) is 2.98. The van der Waals surface area contributed by atoms with Gasteiger partial charge in [0.1, 0.15) is 5.82 Å². The number of halogens is 2. The zero-order valence-corrected chi connectivity index (χ0v) is 11.5. The average Bonchev–Trinajstić information content (AvgIpc) is 2.38. The van der Waals surface area contributed by atoms with Crippen molar-refractivity contribution in [2.45, 2.75) is 13.0 Å². The summed E-state index contributed by atoms with van der Waals surface area (Å²) < 4.78 is 13.6. The maximum Gasteiger partial charge on any atom is 0.254 e. The van der Waals surface area contributed by atoms with Crippen LogP contribution >= 0.6 is 15.9 Å². The number of carbonyl (C=O) groups is 1. The summed E-state index contributed by atoms with van der Waals surface area (Å²) in [5, 5.41) is 11.4. The molecule has 0 aliphatic rings. The third-order valence-corrected chi connectivity index (χ3v) is 3.25. The van der Waals surface area contributed by atoms with Crippen LogP contribution in [0.25, 0.3) is 0 Å². The predicted molar refractivity (Wildman–Crippen MR) is 69.1 cm³/mol. The Hall–Kier alpha value is -1.63. The maximum absolute atomic E-state index is 13.3. The lowest BCUT2D eigenvalue weighted by molar-refractivity contribution is 0.0776. The minimum Gasteiger partial charge on any atom is -0.409 e. The fourth-order valence-electron chi connectivity index (χ4n) is 1.29. The summed E-state index contributed by atoms with van der Waals surface area (Å²) in [7, 11) is 1.49. The van der Waals surface area contributed by atoms with E-state index in [1.165, 1.54) is 24.1 Å². The molecule has 1 amide bonds. The summed E-state index contributed by atoms with van der Waals surface area (Å²) in [4.78, 5) is 13.3. The zero-order valence-electron chi connectivity index (χ0n) is 9.89. The number of nitrogens with two attached hydrogens (primary N) is 1. The monoisotopic (exact) mass is 317 g/mol. The topological polar surface area (TPSA) is 78.9 Å². The maximum atomic E-state index is 13.3. The van der Waals surface area contributed by atoms with Crippen LogP contribution in [0.2, 0.25) is 0 Å². The minimum absolute atomic E-state index is 0.0940. The number of benzene rings is 1. The Labute approximate surface area is 112 Å². The number of hydrogen-bond acceptors (Lipinski definition) is 3. The van der Waals surface area contributed by atoms with Crippen LogP contribution in [0.4, 0.5) is 4.39 Å². The summed E-state index contributed by atoms with van der Waals surface area (Å²) in [6, 6.07) is 3.48. The molecule has 98 valence electrons. The Morgan fingerprint density at radius 2 is 2.22 bits per heavy atom. The van der Waals surface area contributed by atoms with Gasteiger partial charge in [0.25, 0.3) is 5.91 Å². The van der Waals surface area contributed by atoms with Gasteiger partial charge in [-0.25, -0.2) is 4.39 Å². The molecule has 0 fully saturated rings. The summed E-state index contributed by atoms with van der Waals surface area (Å²) in [5.74, 6) is -1.03. The van der Waals surface area contributed by atoms with Crippen molar-refractivity contribution in [3.8, 4) is 0 Å². The van der Waals surface area contributed by atoms with Gasteiger partial charge in [-0.05, 0) is 41.1 Å². The SMILES string of the molecule is CC(C(N)=NO)N(C)C(=O)c1ccc(Br)c(F)c1. The van der Waals surface area contributed by atoms with E-state index in [1.54, 1.807) is 6.92 Å². The van der Waals surface area contributed by atoms with Gasteiger partial charge >= 0.3 is 0 Å². The quantitative estimate of drug-likeness (QED) is 0.386. The van der Waals surface area contributed by atoms with Crippen molar-refractivity contribution in [2.75, 3.05) is 7.05 Å². The van der Waals surface area contributed by atoms with Crippen molar-refractivity contribution in [1.82, 2.24) is 4.90 Å². The van der Waals surface area contributed by atoms with Crippen LogP contribution in [-0.4, -0.2) is 34.9 Å². The molecule has 0 aliphatic carbocycles. The first-order chi connectivity index (χ1) is 8.38. The van der Waals surface area contributed by atoms with Gasteiger partial charge in [-0.3, -0.25) is 4.79 Å². The molecule has 0 bridgehead atoms. The van der Waals surface area contributed by atoms with Gasteiger partial charge in [0.2, 0.25) is 0 Å². The van der Waals surface area contributed by atoms with E-state index in [9.17, 15) is 9.18 Å². The molecule has 0 saturated heterocycles. The molecular weight excluding hydrogens is 305 g/mol. The lowest BCUT2D eigenvalue weighted by atomic mass is 10.1. The lowest BCUT2D eigenvalue weighted by Gasteiger charge is -2.23. The Bertz CT molecular complexity index is 493. The molecule has 0 aliphatic heterocycles. The third-order valence-electron chi connectivity index (χ3n) is 2.61. The molecule has 0 spiro atoms. The summed E-state index contributed by atoms with van der Waals surface area (Å²) in [5.41, 5.74) is 5.60. The Balaban J connectivity index is 2.96. The lowest BCUT2D eigenvalue weighted by Crippen LogP contribution is -2.43. The van der Waals surface area contributed by atoms with Gasteiger partial charge in [0.05, 0.1) is 10.5 Å². The van der Waals surface area contributed by atoms with Crippen LogP contribution in [-0.2, 0) is 0 Å². The van der Waals surface area contributed by atoms with E-state index < -0.39 is 17.8 Å². The molecule has 1 unspecified atom stereocenters. The second-order valence-electron chi connectivity index (χ2n) is 3.75. The standard InChI is InChI=1S/C11H13BrFN3O2/c1-6(10(14)15-18)16(2)11(17)7-3-4-8(12)9(13)5-7/h3-6,18H,1-2H3,(H2,14,15). The Morgan fingerprint density at radius 3 is 2.72 bits per heavy atom. The summed E-state index contributed by atoms with van der Waals surface area (Å²) in [6.07, 6.45) is 0. The van der Waals surface area contributed by atoms with Gasteiger partial charge in [-0.2, -0.15) is 0 Å². The molecule has 0 aromatic heterocycles. The van der Waals surface area contributed by atoms with Crippen molar-refractivity contribution >= 4 is 27.7 Å². The van der Waals surface area contributed by atoms with Crippen molar-refractivity contribution in [1.29, 1.82) is 0 Å². The molecule has 7 heteroatoms. The fraction of sp³-hybridized carbons (Fsp3) is 0.273. The highest BCUT2D eigenvalue weighted by molar-refractivity contribution is 9.10. The smallest absolute Gasteiger partial charge is 0.254 e. The van der Waals surface area contributed by atoms with Crippen molar-refractivity contribution in [3.63, 3.8) is 0 Å². The van der Waals surface area contributed by atoms with E-state index in [0.717, 1.165) is 6.07 Å². The van der Waals surface area contributed by atoms with Crippen LogP contribution in [0.5, 0.6) is 0 Å². The first kappa shape index (κ1) is 14.4. The Morgan fingerprint density at radius 1 is 1.61 bits per heavy atom. The van der Waals surface area contributed by atoms with Crippen LogP contribution in [0.15, 0.2) is 27.8 Å². The molecule has 1 aromatic rings. The van der Waals surface area contributed by atoms with Gasteiger partial charge in [0.15, 0.2) is 5.84 Å². The molecule has 0 saturated carbocycles. The Kier molecular flexibility index (Phi) is 4.66. The molecule has 1 aromatic carbocycles. The summed E-state index contributed by atoms with van der Waals surface area (Å²) >= 11 is 3.01. The average molecular weight is 318 g/mol. The van der Waals surface area contributed by atoms with Crippen molar-refractivity contribution < 1.29 is 14.4 Å². The van der Waals surface area contributed by atoms with Gasteiger partial charge < -0.3 is 15.8 Å². The van der Waals surface area contributed by atoms with Crippen LogP contribution in [0.3, 0.4) is 0 Å². The number of amides is 1. The zero-order chi connectivity index (χ0) is 13.9. The summed E-state index contributed by atoms with van der Waals surface area (Å²) in [6.45, 7) is 1.60. The van der Waals surface area contributed by atoms with Crippen LogP contribution in [0.1, 0.15) is 17.3 Å². The second kappa shape index (κ2) is 5.81. The normalized spacial score (nSPS) is 13.2. The number of hydrogen-bond donors (Lipinski definition) is 2. The predicted octanol–water partition coefficient (Wildman–Crippen LogP) is 1.80. The number of nitrogens with zero attached hydrogens (tertiary/aromatic N) is 2. The molecule has 5 nitrogen and oxygen atoms in total. The molecule has 3 N–H and O–H groups in total. The van der Waals surface area contributed by atoms with E-state index in [-0.39, 0.29) is 15.9 Å². The number of oxime groups is 1. The van der Waals surface area contributed by atoms with Gasteiger partial charge in [0, 0.05) is 12.6 Å². The highest BCUT2D eigenvalue weighted by atomic mass is 79.9. The second-order valence-corrected chi connectivity index (χ2v) is 4.60. The first-order valence-corrected chi connectivity index (χ1v) is 5.87. The minimum atomic E-state index is -0.589. The van der Waals surface area contributed by atoms with E-state index in [4.69, 9.17) is 10.9 Å². The van der Waals surface area contributed by atoms with E-state index >= 15 is 0 Å². The molecule has 1 atom stereocenters. The van der Waals surface area contributed by atoms with Crippen LogP contribution < -0.4 is 5.73 Å². The van der Waals surface area contributed by atoms with E-state index in [2.05, 4.69) is 21.1 Å². The van der Waals surface area contributed by atoms with E-state index in [0.29, 0.717) is 0 Å². The fourth-order valence-corrected chi connectivity index (χ4v) is 1.54. The number of likely N-dealkylation sites (N-methyl/N-ethyl adjacent to an activating group) is 1. The molecular formula is C11H13BrFN3O2. The molecule has 18 heavy (non-hydrogen) atoms. The highest BCUT2D eigenvalue weighted by Gasteiger charge is 2.21. The largest absolute Gasteiger partial charge is 0.409 e. The highest BCUT2D eigenvalue weighted by Crippen LogP contribution is 2.17. The van der Waals surface area contributed by atoms with E-state index in [1.807, 2.05) is 0 Å².